The van der Waals surface area contributed by atoms with E-state index in [1.54, 1.807) is 6.08 Å². The number of halogens is 5. The third-order valence-corrected chi connectivity index (χ3v) is 7.07. The van der Waals surface area contributed by atoms with Gasteiger partial charge in [-0.2, -0.15) is 13.2 Å². The Bertz CT molecular complexity index is 787. The molecular weight excluding hydrogens is 407 g/mol. The number of rotatable bonds is 4. The second-order valence-corrected chi connectivity index (χ2v) is 9.19. The summed E-state index contributed by atoms with van der Waals surface area (Å²) in [5.74, 6) is 5.06. The molecule has 0 N–H and O–H groups in total. The highest BCUT2D eigenvalue weighted by atomic mass is 19.4. The van der Waals surface area contributed by atoms with E-state index in [-0.39, 0.29) is 5.56 Å². The van der Waals surface area contributed by atoms with E-state index in [2.05, 4.69) is 18.8 Å². The van der Waals surface area contributed by atoms with Gasteiger partial charge in [0.2, 0.25) is 0 Å². The van der Waals surface area contributed by atoms with E-state index in [4.69, 9.17) is 0 Å². The lowest BCUT2D eigenvalue weighted by Gasteiger charge is -2.37. The quantitative estimate of drug-likeness (QED) is 0.328. The molecule has 31 heavy (non-hydrogen) atoms. The molecule has 1 aromatic carbocycles. The number of alkyl halides is 3. The molecule has 2 saturated carbocycles. The first kappa shape index (κ1) is 23.8. The lowest BCUT2D eigenvalue weighted by molar-refractivity contribution is -0.142. The highest BCUT2D eigenvalue weighted by molar-refractivity contribution is 5.40. The summed E-state index contributed by atoms with van der Waals surface area (Å²) in [6.45, 7) is 2.27. The van der Waals surface area contributed by atoms with Crippen molar-refractivity contribution < 1.29 is 22.0 Å². The van der Waals surface area contributed by atoms with Crippen molar-refractivity contribution >= 4 is 0 Å². The lowest BCUT2D eigenvalue weighted by Crippen LogP contribution is -2.25. The molecule has 2 aliphatic rings. The molecule has 5 heteroatoms. The van der Waals surface area contributed by atoms with Crippen LogP contribution in [0.1, 0.15) is 82.3 Å². The molecule has 0 bridgehead atoms. The molecule has 0 aliphatic heterocycles. The van der Waals surface area contributed by atoms with Gasteiger partial charge >= 0.3 is 6.18 Å². The fourth-order valence-electron chi connectivity index (χ4n) is 5.39. The summed E-state index contributed by atoms with van der Waals surface area (Å²) in [4.78, 5) is 0. The predicted molar refractivity (Wildman–Crippen MR) is 113 cm³/mol. The van der Waals surface area contributed by atoms with Crippen molar-refractivity contribution in [2.75, 3.05) is 0 Å². The minimum Gasteiger partial charge on any atom is -0.206 e. The topological polar surface area (TPSA) is 0 Å². The fraction of sp³-hybridized carbons (Fsp3) is 0.615. The SMILES string of the molecule is CCCC1CCC(C2CCC(/C=C/C#Cc3cc(F)c(C(F)(F)F)c(F)c3)CC2)CC1. The summed E-state index contributed by atoms with van der Waals surface area (Å²) in [7, 11) is 0. The highest BCUT2D eigenvalue weighted by Crippen LogP contribution is 2.42. The first-order valence-corrected chi connectivity index (χ1v) is 11.5. The zero-order valence-corrected chi connectivity index (χ0v) is 18.1. The Kier molecular flexibility index (Phi) is 8.19. The van der Waals surface area contributed by atoms with Gasteiger partial charge in [0.25, 0.3) is 0 Å². The Morgan fingerprint density at radius 1 is 0.903 bits per heavy atom. The van der Waals surface area contributed by atoms with Crippen molar-refractivity contribution in [3.8, 4) is 11.8 Å². The van der Waals surface area contributed by atoms with Crippen molar-refractivity contribution in [3.05, 3.63) is 47.0 Å². The van der Waals surface area contributed by atoms with Gasteiger partial charge < -0.3 is 0 Å². The van der Waals surface area contributed by atoms with Crippen molar-refractivity contribution in [1.29, 1.82) is 0 Å². The van der Waals surface area contributed by atoms with Crippen LogP contribution in [0.3, 0.4) is 0 Å². The van der Waals surface area contributed by atoms with Crippen molar-refractivity contribution in [2.45, 2.75) is 77.3 Å². The van der Waals surface area contributed by atoms with Crippen LogP contribution in [0.25, 0.3) is 0 Å². The molecule has 0 aromatic heterocycles. The van der Waals surface area contributed by atoms with Gasteiger partial charge in [0.15, 0.2) is 0 Å². The predicted octanol–water partition coefficient (Wildman–Crippen LogP) is 8.30. The molecule has 0 spiro atoms. The van der Waals surface area contributed by atoms with E-state index in [0.717, 1.165) is 30.6 Å². The molecule has 170 valence electrons. The molecule has 0 radical (unpaired) electrons. The molecule has 0 atom stereocenters. The number of allylic oxidation sites excluding steroid dienone is 2. The monoisotopic (exact) mass is 438 g/mol. The Morgan fingerprint density at radius 3 is 1.97 bits per heavy atom. The third kappa shape index (κ3) is 6.57. The van der Waals surface area contributed by atoms with Crippen LogP contribution in [0.5, 0.6) is 0 Å². The van der Waals surface area contributed by atoms with Crippen LogP contribution < -0.4 is 0 Å². The lowest BCUT2D eigenvalue weighted by atomic mass is 9.69. The maximum Gasteiger partial charge on any atom is 0.422 e. The van der Waals surface area contributed by atoms with Crippen LogP contribution in [0.15, 0.2) is 24.3 Å². The summed E-state index contributed by atoms with van der Waals surface area (Å²) >= 11 is 0. The van der Waals surface area contributed by atoms with E-state index < -0.39 is 23.4 Å². The second-order valence-electron chi connectivity index (χ2n) is 9.19. The van der Waals surface area contributed by atoms with E-state index in [1.807, 2.05) is 6.08 Å². The molecule has 0 amide bonds. The normalized spacial score (nSPS) is 27.2. The van der Waals surface area contributed by atoms with Gasteiger partial charge in [-0.1, -0.05) is 50.5 Å². The molecule has 3 rings (SSSR count). The molecule has 1 aromatic rings. The molecule has 0 unspecified atom stereocenters. The van der Waals surface area contributed by atoms with E-state index >= 15 is 0 Å². The molecule has 2 fully saturated rings. The first-order valence-electron chi connectivity index (χ1n) is 11.5. The van der Waals surface area contributed by atoms with Crippen LogP contribution in [0, 0.1) is 47.1 Å². The van der Waals surface area contributed by atoms with Crippen LogP contribution in [-0.2, 0) is 6.18 Å². The summed E-state index contributed by atoms with van der Waals surface area (Å²) in [5.41, 5.74) is -1.97. The van der Waals surface area contributed by atoms with Gasteiger partial charge in [0, 0.05) is 5.56 Å². The Balaban J connectivity index is 1.48. The second kappa shape index (κ2) is 10.7. The highest BCUT2D eigenvalue weighted by Gasteiger charge is 2.37. The molecule has 0 heterocycles. The maximum absolute atomic E-state index is 13.6. The van der Waals surface area contributed by atoms with E-state index in [0.29, 0.717) is 18.1 Å². The van der Waals surface area contributed by atoms with Gasteiger partial charge in [0.05, 0.1) is 0 Å². The number of benzene rings is 1. The summed E-state index contributed by atoms with van der Waals surface area (Å²) < 4.78 is 65.1. The number of hydrogen-bond donors (Lipinski definition) is 0. The standard InChI is InChI=1S/C26H31F5/c1-2-5-18-8-12-21(13-9-18)22-14-10-19(11-15-22)6-3-4-7-20-16-23(27)25(24(28)17-20)26(29,30)31/h3,6,16-19,21-22H,2,5,8-15H2,1H3/b6-3+. The third-order valence-electron chi connectivity index (χ3n) is 7.07. The van der Waals surface area contributed by atoms with E-state index in [9.17, 15) is 22.0 Å². The summed E-state index contributed by atoms with van der Waals surface area (Å²) in [6, 6.07) is 1.26. The average molecular weight is 439 g/mol. The Labute approximate surface area is 182 Å². The fourth-order valence-corrected chi connectivity index (χ4v) is 5.39. The van der Waals surface area contributed by atoms with Crippen LogP contribution in [0.2, 0.25) is 0 Å². The number of hydrogen-bond acceptors (Lipinski definition) is 0. The Morgan fingerprint density at radius 2 is 1.45 bits per heavy atom. The zero-order valence-electron chi connectivity index (χ0n) is 18.1. The largest absolute Gasteiger partial charge is 0.422 e. The average Bonchev–Trinajstić information content (AvgIpc) is 2.71. The molecule has 0 saturated heterocycles. The van der Waals surface area contributed by atoms with Gasteiger partial charge in [0.1, 0.15) is 17.2 Å². The molecular formula is C26H31F5. The van der Waals surface area contributed by atoms with Gasteiger partial charge in [-0.3, -0.25) is 0 Å². The summed E-state index contributed by atoms with van der Waals surface area (Å²) in [5, 5.41) is 0. The maximum atomic E-state index is 13.6. The van der Waals surface area contributed by atoms with Crippen molar-refractivity contribution in [2.24, 2.45) is 23.7 Å². The van der Waals surface area contributed by atoms with Gasteiger partial charge in [-0.15, -0.1) is 0 Å². The van der Waals surface area contributed by atoms with E-state index in [1.165, 1.54) is 51.4 Å². The van der Waals surface area contributed by atoms with Crippen LogP contribution in [-0.4, -0.2) is 0 Å². The Hall–Kier alpha value is -1.83. The zero-order chi connectivity index (χ0) is 22.4. The summed E-state index contributed by atoms with van der Waals surface area (Å²) in [6.07, 6.45) is 11.5. The van der Waals surface area contributed by atoms with Crippen molar-refractivity contribution in [3.63, 3.8) is 0 Å². The van der Waals surface area contributed by atoms with Gasteiger partial charge in [-0.05, 0) is 80.4 Å². The smallest absolute Gasteiger partial charge is 0.206 e. The van der Waals surface area contributed by atoms with Crippen LogP contribution in [0.4, 0.5) is 22.0 Å². The minimum absolute atomic E-state index is 0.102. The first-order chi connectivity index (χ1) is 14.8. The minimum atomic E-state index is -5.06. The molecule has 2 aliphatic carbocycles. The molecule has 0 nitrogen and oxygen atoms in total. The van der Waals surface area contributed by atoms with Gasteiger partial charge in [-0.25, -0.2) is 8.78 Å². The van der Waals surface area contributed by atoms with Crippen molar-refractivity contribution in [1.82, 2.24) is 0 Å². The van der Waals surface area contributed by atoms with Crippen LogP contribution >= 0.6 is 0 Å².